The number of carbonyl (C=O) groups excluding carboxylic acids is 1. The van der Waals surface area contributed by atoms with Crippen molar-refractivity contribution in [2.24, 2.45) is 5.92 Å². The minimum Gasteiger partial charge on any atom is -0.370 e. The van der Waals surface area contributed by atoms with Crippen LogP contribution in [0.3, 0.4) is 0 Å². The van der Waals surface area contributed by atoms with Crippen LogP contribution in [0.25, 0.3) is 0 Å². The monoisotopic (exact) mass is 275 g/mol. The molecule has 1 fully saturated rings. The van der Waals surface area contributed by atoms with E-state index in [1.165, 1.54) is 6.42 Å². The van der Waals surface area contributed by atoms with E-state index in [1.807, 2.05) is 17.0 Å². The second kappa shape index (κ2) is 7.27. The molecule has 2 rings (SSSR count). The molecule has 1 amide bonds. The number of hydrogen-bond acceptors (Lipinski definition) is 3. The molecule has 0 aliphatic carbocycles. The van der Waals surface area contributed by atoms with Gasteiger partial charge in [-0.15, -0.1) is 0 Å². The fourth-order valence-corrected chi connectivity index (χ4v) is 2.56. The number of amides is 1. The maximum atomic E-state index is 12.6. The molecule has 110 valence electrons. The molecule has 0 bridgehead atoms. The summed E-state index contributed by atoms with van der Waals surface area (Å²) in [4.78, 5) is 18.8. The topological polar surface area (TPSA) is 45.2 Å². The largest absolute Gasteiger partial charge is 0.370 e. The Morgan fingerprint density at radius 2 is 2.30 bits per heavy atom. The maximum absolute atomic E-state index is 12.6. The van der Waals surface area contributed by atoms with Gasteiger partial charge in [0.1, 0.15) is 5.82 Å². The van der Waals surface area contributed by atoms with Gasteiger partial charge in [0.15, 0.2) is 0 Å². The van der Waals surface area contributed by atoms with E-state index >= 15 is 0 Å². The summed E-state index contributed by atoms with van der Waals surface area (Å²) in [6.07, 6.45) is 6.20. The molecule has 1 aromatic rings. The highest BCUT2D eigenvalue weighted by Gasteiger charge is 2.19. The van der Waals surface area contributed by atoms with Gasteiger partial charge in [-0.3, -0.25) is 4.79 Å². The van der Waals surface area contributed by atoms with Crippen LogP contribution in [0.2, 0.25) is 0 Å². The van der Waals surface area contributed by atoms with Crippen LogP contribution < -0.4 is 5.32 Å². The van der Waals surface area contributed by atoms with Crippen molar-refractivity contribution >= 4 is 11.7 Å². The lowest BCUT2D eigenvalue weighted by Gasteiger charge is -2.20. The Kier molecular flexibility index (Phi) is 5.39. The van der Waals surface area contributed by atoms with Gasteiger partial charge in [-0.05, 0) is 43.7 Å². The molecular formula is C16H25N3O. The van der Waals surface area contributed by atoms with Crippen LogP contribution in [0.1, 0.15) is 49.9 Å². The van der Waals surface area contributed by atoms with Crippen molar-refractivity contribution in [1.29, 1.82) is 0 Å². The predicted molar refractivity (Wildman–Crippen MR) is 81.9 cm³/mol. The molecule has 20 heavy (non-hydrogen) atoms. The van der Waals surface area contributed by atoms with Crippen molar-refractivity contribution in [3.05, 3.63) is 23.9 Å². The molecule has 1 aliphatic rings. The molecule has 4 heteroatoms. The van der Waals surface area contributed by atoms with E-state index in [2.05, 4.69) is 24.1 Å². The molecule has 2 heterocycles. The van der Waals surface area contributed by atoms with Gasteiger partial charge in [0.25, 0.3) is 5.91 Å². The fourth-order valence-electron chi connectivity index (χ4n) is 2.56. The quantitative estimate of drug-likeness (QED) is 0.918. The number of anilines is 1. The number of rotatable bonds is 4. The Morgan fingerprint density at radius 1 is 1.45 bits per heavy atom. The highest BCUT2D eigenvalue weighted by atomic mass is 16.2. The van der Waals surface area contributed by atoms with Crippen LogP contribution in [0.15, 0.2) is 18.3 Å². The van der Waals surface area contributed by atoms with Crippen LogP contribution in [0, 0.1) is 5.92 Å². The van der Waals surface area contributed by atoms with E-state index in [4.69, 9.17) is 0 Å². The van der Waals surface area contributed by atoms with Crippen molar-refractivity contribution < 1.29 is 4.79 Å². The molecule has 1 unspecified atom stereocenters. The third-order valence-corrected chi connectivity index (χ3v) is 3.87. The first-order valence-corrected chi connectivity index (χ1v) is 7.70. The summed E-state index contributed by atoms with van der Waals surface area (Å²) in [5.41, 5.74) is 0.744. The van der Waals surface area contributed by atoms with Crippen LogP contribution in [-0.2, 0) is 0 Å². The smallest absolute Gasteiger partial charge is 0.254 e. The van der Waals surface area contributed by atoms with Gasteiger partial charge in [-0.25, -0.2) is 4.98 Å². The van der Waals surface area contributed by atoms with Gasteiger partial charge in [0.05, 0.1) is 0 Å². The third kappa shape index (κ3) is 3.95. The first kappa shape index (κ1) is 14.8. The SMILES string of the molecule is CCCNc1cc(C(=O)N2CCCC(C)CC2)ccn1. The Morgan fingerprint density at radius 3 is 3.10 bits per heavy atom. The summed E-state index contributed by atoms with van der Waals surface area (Å²) >= 11 is 0. The molecule has 1 N–H and O–H groups in total. The van der Waals surface area contributed by atoms with Crippen molar-refractivity contribution in [1.82, 2.24) is 9.88 Å². The van der Waals surface area contributed by atoms with Gasteiger partial charge in [0, 0.05) is 31.4 Å². The summed E-state index contributed by atoms with van der Waals surface area (Å²) in [7, 11) is 0. The number of carbonyl (C=O) groups is 1. The average Bonchev–Trinajstić information content (AvgIpc) is 2.69. The van der Waals surface area contributed by atoms with Gasteiger partial charge in [0.2, 0.25) is 0 Å². The molecule has 4 nitrogen and oxygen atoms in total. The van der Waals surface area contributed by atoms with Crippen LogP contribution >= 0.6 is 0 Å². The predicted octanol–water partition coefficient (Wildman–Crippen LogP) is 3.17. The lowest BCUT2D eigenvalue weighted by molar-refractivity contribution is 0.0760. The molecule has 1 atom stereocenters. The number of nitrogens with zero attached hydrogens (tertiary/aromatic N) is 2. The molecule has 1 aliphatic heterocycles. The zero-order valence-electron chi connectivity index (χ0n) is 12.6. The van der Waals surface area contributed by atoms with Crippen LogP contribution in [0.4, 0.5) is 5.82 Å². The van der Waals surface area contributed by atoms with Crippen molar-refractivity contribution in [3.8, 4) is 0 Å². The molecule has 1 saturated heterocycles. The molecule has 1 aromatic heterocycles. The van der Waals surface area contributed by atoms with Crippen LogP contribution in [-0.4, -0.2) is 35.4 Å². The Balaban J connectivity index is 2.04. The zero-order chi connectivity index (χ0) is 14.4. The maximum Gasteiger partial charge on any atom is 0.254 e. The summed E-state index contributed by atoms with van der Waals surface area (Å²) in [6.45, 7) is 7.02. The highest BCUT2D eigenvalue weighted by molar-refractivity contribution is 5.94. The second-order valence-corrected chi connectivity index (χ2v) is 5.68. The van der Waals surface area contributed by atoms with Gasteiger partial charge < -0.3 is 10.2 Å². The lowest BCUT2D eigenvalue weighted by atomic mass is 10.0. The molecular weight excluding hydrogens is 250 g/mol. The fraction of sp³-hybridized carbons (Fsp3) is 0.625. The lowest BCUT2D eigenvalue weighted by Crippen LogP contribution is -2.32. The number of likely N-dealkylation sites (tertiary alicyclic amines) is 1. The molecule has 0 aromatic carbocycles. The van der Waals surface area contributed by atoms with E-state index in [0.29, 0.717) is 0 Å². The van der Waals surface area contributed by atoms with E-state index in [0.717, 1.165) is 56.2 Å². The average molecular weight is 275 g/mol. The summed E-state index contributed by atoms with van der Waals surface area (Å²) < 4.78 is 0. The van der Waals surface area contributed by atoms with E-state index in [-0.39, 0.29) is 5.91 Å². The number of hydrogen-bond donors (Lipinski definition) is 1. The Hall–Kier alpha value is -1.58. The summed E-state index contributed by atoms with van der Waals surface area (Å²) in [5.74, 6) is 1.66. The third-order valence-electron chi connectivity index (χ3n) is 3.87. The summed E-state index contributed by atoms with van der Waals surface area (Å²) in [5, 5.41) is 3.23. The highest BCUT2D eigenvalue weighted by Crippen LogP contribution is 2.18. The zero-order valence-corrected chi connectivity index (χ0v) is 12.6. The molecule has 0 saturated carbocycles. The first-order valence-electron chi connectivity index (χ1n) is 7.70. The molecule has 0 radical (unpaired) electrons. The van der Waals surface area contributed by atoms with E-state index in [1.54, 1.807) is 6.20 Å². The standard InChI is InChI=1S/C16H25N3O/c1-3-8-17-15-12-14(6-9-18-15)16(20)19-10-4-5-13(2)7-11-19/h6,9,12-13H,3-5,7-8,10-11H2,1-2H3,(H,17,18). The number of pyridine rings is 1. The van der Waals surface area contributed by atoms with E-state index < -0.39 is 0 Å². The van der Waals surface area contributed by atoms with E-state index in [9.17, 15) is 4.79 Å². The van der Waals surface area contributed by atoms with Crippen LogP contribution in [0.5, 0.6) is 0 Å². The minimum absolute atomic E-state index is 0.140. The Bertz CT molecular complexity index is 447. The second-order valence-electron chi connectivity index (χ2n) is 5.68. The van der Waals surface area contributed by atoms with Crippen molar-refractivity contribution in [2.75, 3.05) is 25.0 Å². The van der Waals surface area contributed by atoms with Gasteiger partial charge in [-0.2, -0.15) is 0 Å². The first-order chi connectivity index (χ1) is 9.70. The molecule has 0 spiro atoms. The summed E-state index contributed by atoms with van der Waals surface area (Å²) in [6, 6.07) is 3.68. The minimum atomic E-state index is 0.140. The van der Waals surface area contributed by atoms with Crippen molar-refractivity contribution in [2.45, 2.75) is 39.5 Å². The number of aromatic nitrogens is 1. The normalized spacial score (nSPS) is 19.5. The van der Waals surface area contributed by atoms with Gasteiger partial charge >= 0.3 is 0 Å². The Labute approximate surface area is 121 Å². The number of nitrogens with one attached hydrogen (secondary N) is 1. The van der Waals surface area contributed by atoms with Crippen molar-refractivity contribution in [3.63, 3.8) is 0 Å². The van der Waals surface area contributed by atoms with Gasteiger partial charge in [-0.1, -0.05) is 13.8 Å².